The Morgan fingerprint density at radius 3 is 2.52 bits per heavy atom. The lowest BCUT2D eigenvalue weighted by atomic mass is 9.89. The highest BCUT2D eigenvalue weighted by Crippen LogP contribution is 2.27. The molecule has 3 aromatic rings. The summed E-state index contributed by atoms with van der Waals surface area (Å²) in [5.41, 5.74) is 5.75. The first-order valence-electron chi connectivity index (χ1n) is 12.1. The number of aromatic nitrogens is 1. The number of hydrogen-bond acceptors (Lipinski definition) is 5. The summed E-state index contributed by atoms with van der Waals surface area (Å²) >= 11 is 0. The third-order valence-electron chi connectivity index (χ3n) is 6.70. The van der Waals surface area contributed by atoms with E-state index in [0.29, 0.717) is 6.54 Å². The summed E-state index contributed by atoms with van der Waals surface area (Å²) in [6, 6.07) is 19.4. The van der Waals surface area contributed by atoms with Crippen molar-refractivity contribution < 1.29 is 5.11 Å². The minimum Gasteiger partial charge on any atom is -0.391 e. The Morgan fingerprint density at radius 1 is 1.00 bits per heavy atom. The fraction of sp³-hybridized carbons (Fsp3) is 0.464. The normalized spacial score (nSPS) is 16.2. The van der Waals surface area contributed by atoms with E-state index < -0.39 is 0 Å². The van der Waals surface area contributed by atoms with Gasteiger partial charge in [-0.1, -0.05) is 39.0 Å². The molecular weight excluding hydrogens is 408 g/mol. The molecule has 1 aliphatic heterocycles. The average Bonchev–Trinajstić information content (AvgIpc) is 2.80. The summed E-state index contributed by atoms with van der Waals surface area (Å²) in [6.45, 7) is 14.1. The molecule has 2 heterocycles. The molecule has 1 aliphatic rings. The van der Waals surface area contributed by atoms with Gasteiger partial charge in [-0.15, -0.1) is 0 Å². The second kappa shape index (κ2) is 10.1. The van der Waals surface area contributed by atoms with Crippen molar-refractivity contribution in [3.05, 3.63) is 65.9 Å². The maximum Gasteiger partial charge on any atom is 0.0760 e. The molecule has 1 atom stereocenters. The first-order valence-corrected chi connectivity index (χ1v) is 12.1. The van der Waals surface area contributed by atoms with E-state index in [9.17, 15) is 5.11 Å². The minimum atomic E-state index is -0.376. The number of rotatable bonds is 7. The van der Waals surface area contributed by atoms with Crippen molar-refractivity contribution in [3.63, 3.8) is 0 Å². The van der Waals surface area contributed by atoms with Crippen LogP contribution in [0.15, 0.2) is 54.6 Å². The van der Waals surface area contributed by atoms with E-state index >= 15 is 0 Å². The molecule has 0 amide bonds. The maximum absolute atomic E-state index is 10.3. The molecule has 0 bridgehead atoms. The zero-order valence-electron chi connectivity index (χ0n) is 20.5. The molecule has 0 spiro atoms. The molecule has 1 saturated heterocycles. The van der Waals surface area contributed by atoms with Gasteiger partial charge in [0.25, 0.3) is 0 Å². The Labute approximate surface area is 198 Å². The van der Waals surface area contributed by atoms with E-state index in [1.165, 1.54) is 16.6 Å². The van der Waals surface area contributed by atoms with Gasteiger partial charge in [0.1, 0.15) is 0 Å². The summed E-state index contributed by atoms with van der Waals surface area (Å²) in [5, 5.41) is 14.9. The van der Waals surface area contributed by atoms with Gasteiger partial charge in [0.05, 0.1) is 11.6 Å². The zero-order chi connectivity index (χ0) is 23.4. The number of aryl methyl sites for hydroxylation is 1. The summed E-state index contributed by atoms with van der Waals surface area (Å²) in [7, 11) is 0. The number of benzene rings is 2. The van der Waals surface area contributed by atoms with Crippen molar-refractivity contribution in [2.75, 3.05) is 49.5 Å². The predicted molar refractivity (Wildman–Crippen MR) is 139 cm³/mol. The highest BCUT2D eigenvalue weighted by Gasteiger charge is 2.22. The average molecular weight is 447 g/mol. The van der Waals surface area contributed by atoms with Crippen molar-refractivity contribution >= 4 is 22.3 Å². The van der Waals surface area contributed by atoms with Crippen LogP contribution in [0.4, 0.5) is 11.4 Å². The van der Waals surface area contributed by atoms with Crippen LogP contribution in [-0.2, 0) is 6.42 Å². The number of nitrogens with one attached hydrogen (secondary N) is 1. The molecule has 5 heteroatoms. The van der Waals surface area contributed by atoms with Gasteiger partial charge in [-0.25, -0.2) is 0 Å². The number of fused-ring (bicyclic) bond motifs is 1. The third kappa shape index (κ3) is 6.04. The second-order valence-corrected chi connectivity index (χ2v) is 10.3. The largest absolute Gasteiger partial charge is 0.391 e. The lowest BCUT2D eigenvalue weighted by Crippen LogP contribution is -2.47. The Balaban J connectivity index is 1.29. The standard InChI is InChI=1S/C28H38N4O/c1-21-11-12-24-25(30-21)9-6-10-26(24)32-17-15-31(16-18-32)14-13-22-7-5-8-23(19-22)29-20-27(33)28(2,3)4/h5-12,19,27,29,33H,13-18,20H2,1-4H3/t27-/m0/s1. The van der Waals surface area contributed by atoms with Crippen LogP contribution < -0.4 is 10.2 Å². The number of piperazine rings is 1. The van der Waals surface area contributed by atoms with E-state index in [0.717, 1.165) is 56.0 Å². The number of pyridine rings is 1. The molecule has 4 rings (SSSR count). The molecule has 2 aromatic carbocycles. The second-order valence-electron chi connectivity index (χ2n) is 10.3. The van der Waals surface area contributed by atoms with Crippen LogP contribution in [-0.4, -0.2) is 60.4 Å². The fourth-order valence-electron chi connectivity index (χ4n) is 4.37. The number of anilines is 2. The summed E-state index contributed by atoms with van der Waals surface area (Å²) in [4.78, 5) is 9.76. The van der Waals surface area contributed by atoms with Crippen molar-refractivity contribution in [3.8, 4) is 0 Å². The van der Waals surface area contributed by atoms with Gasteiger partial charge >= 0.3 is 0 Å². The van der Waals surface area contributed by atoms with Crippen molar-refractivity contribution in [2.45, 2.75) is 40.2 Å². The van der Waals surface area contributed by atoms with E-state index in [1.807, 2.05) is 6.92 Å². The monoisotopic (exact) mass is 446 g/mol. The summed E-state index contributed by atoms with van der Waals surface area (Å²) < 4.78 is 0. The van der Waals surface area contributed by atoms with Gasteiger partial charge in [0, 0.05) is 61.7 Å². The SMILES string of the molecule is Cc1ccc2c(N3CCN(CCc4cccc(NC[C@H](O)C(C)(C)C)c4)CC3)cccc2n1. The van der Waals surface area contributed by atoms with E-state index in [4.69, 9.17) is 4.98 Å². The summed E-state index contributed by atoms with van der Waals surface area (Å²) in [5.74, 6) is 0. The molecule has 0 radical (unpaired) electrons. The van der Waals surface area contributed by atoms with Crippen LogP contribution >= 0.6 is 0 Å². The molecule has 0 aliphatic carbocycles. The Kier molecular flexibility index (Phi) is 7.20. The molecule has 0 saturated carbocycles. The molecule has 2 N–H and O–H groups in total. The predicted octanol–water partition coefficient (Wildman–Crippen LogP) is 4.73. The quantitative estimate of drug-likeness (QED) is 0.550. The van der Waals surface area contributed by atoms with Crippen molar-refractivity contribution in [2.24, 2.45) is 5.41 Å². The van der Waals surface area contributed by atoms with E-state index in [-0.39, 0.29) is 11.5 Å². The molecule has 1 fully saturated rings. The first kappa shape index (κ1) is 23.5. The van der Waals surface area contributed by atoms with Gasteiger partial charge in [0.15, 0.2) is 0 Å². The van der Waals surface area contributed by atoms with Crippen LogP contribution in [0.5, 0.6) is 0 Å². The molecule has 1 aromatic heterocycles. The van der Waals surface area contributed by atoms with Crippen LogP contribution in [0.3, 0.4) is 0 Å². The van der Waals surface area contributed by atoms with Gasteiger partial charge in [0.2, 0.25) is 0 Å². The van der Waals surface area contributed by atoms with E-state index in [1.54, 1.807) is 0 Å². The fourth-order valence-corrected chi connectivity index (χ4v) is 4.37. The number of aliphatic hydroxyl groups is 1. The minimum absolute atomic E-state index is 0.117. The van der Waals surface area contributed by atoms with Crippen molar-refractivity contribution in [1.82, 2.24) is 9.88 Å². The van der Waals surface area contributed by atoms with Crippen LogP contribution in [0.25, 0.3) is 10.9 Å². The molecule has 0 unspecified atom stereocenters. The number of aliphatic hydroxyl groups excluding tert-OH is 1. The Bertz CT molecular complexity index is 1070. The number of hydrogen-bond donors (Lipinski definition) is 2. The lowest BCUT2D eigenvalue weighted by Gasteiger charge is -2.36. The third-order valence-corrected chi connectivity index (χ3v) is 6.70. The highest BCUT2D eigenvalue weighted by molar-refractivity contribution is 5.92. The van der Waals surface area contributed by atoms with Gasteiger partial charge in [-0.3, -0.25) is 9.88 Å². The lowest BCUT2D eigenvalue weighted by molar-refractivity contribution is 0.0746. The first-order chi connectivity index (χ1) is 15.8. The van der Waals surface area contributed by atoms with Crippen LogP contribution in [0.1, 0.15) is 32.0 Å². The zero-order valence-corrected chi connectivity index (χ0v) is 20.5. The highest BCUT2D eigenvalue weighted by atomic mass is 16.3. The topological polar surface area (TPSA) is 51.6 Å². The van der Waals surface area contributed by atoms with Crippen molar-refractivity contribution in [1.29, 1.82) is 0 Å². The Hall–Kier alpha value is -2.63. The van der Waals surface area contributed by atoms with Gasteiger partial charge in [-0.2, -0.15) is 0 Å². The molecular formula is C28H38N4O. The molecule has 176 valence electrons. The summed E-state index contributed by atoms with van der Waals surface area (Å²) in [6.07, 6.45) is 0.661. The van der Waals surface area contributed by atoms with Gasteiger partial charge < -0.3 is 15.3 Å². The number of nitrogens with zero attached hydrogens (tertiary/aromatic N) is 3. The van der Waals surface area contributed by atoms with E-state index in [2.05, 4.69) is 90.5 Å². The maximum atomic E-state index is 10.3. The Morgan fingerprint density at radius 2 is 1.76 bits per heavy atom. The molecule has 5 nitrogen and oxygen atoms in total. The smallest absolute Gasteiger partial charge is 0.0760 e. The molecule has 33 heavy (non-hydrogen) atoms. The van der Waals surface area contributed by atoms with Gasteiger partial charge in [-0.05, 0) is 60.7 Å². The van der Waals surface area contributed by atoms with Crippen LogP contribution in [0.2, 0.25) is 0 Å². The van der Waals surface area contributed by atoms with Crippen LogP contribution in [0, 0.1) is 12.3 Å².